The van der Waals surface area contributed by atoms with Crippen molar-refractivity contribution in [3.63, 3.8) is 0 Å². The molecule has 1 aromatic carbocycles. The number of carbonyl (C=O) groups is 2. The van der Waals surface area contributed by atoms with Gasteiger partial charge in [-0.1, -0.05) is 29.8 Å². The zero-order valence-electron chi connectivity index (χ0n) is 12.6. The maximum Gasteiger partial charge on any atom is 0.321 e. The lowest BCUT2D eigenvalue weighted by atomic mass is 10.0. The van der Waals surface area contributed by atoms with E-state index in [1.807, 2.05) is 31.0 Å². The maximum absolute atomic E-state index is 12.3. The third-order valence-corrected chi connectivity index (χ3v) is 4.02. The quantitative estimate of drug-likeness (QED) is 0.828. The summed E-state index contributed by atoms with van der Waals surface area (Å²) in [7, 11) is 2.02. The summed E-state index contributed by atoms with van der Waals surface area (Å²) < 4.78 is 0. The van der Waals surface area contributed by atoms with Gasteiger partial charge in [-0.2, -0.15) is 0 Å². The van der Waals surface area contributed by atoms with Crippen LogP contribution in [-0.4, -0.2) is 65.9 Å². The molecular formula is C16H22N2O3. The molecular weight excluding hydrogens is 268 g/mol. The van der Waals surface area contributed by atoms with Crippen LogP contribution in [0, 0.1) is 6.92 Å². The number of benzene rings is 1. The van der Waals surface area contributed by atoms with Crippen molar-refractivity contribution in [3.05, 3.63) is 35.4 Å². The first-order valence-corrected chi connectivity index (χ1v) is 7.22. The van der Waals surface area contributed by atoms with Crippen molar-refractivity contribution < 1.29 is 14.7 Å². The zero-order valence-corrected chi connectivity index (χ0v) is 12.6. The Kier molecular flexibility index (Phi) is 5.09. The zero-order chi connectivity index (χ0) is 15.4. The summed E-state index contributed by atoms with van der Waals surface area (Å²) in [5.74, 6) is -1.03. The van der Waals surface area contributed by atoms with Crippen LogP contribution in [0.4, 0.5) is 0 Å². The average Bonchev–Trinajstić information content (AvgIpc) is 2.46. The van der Waals surface area contributed by atoms with Crippen LogP contribution in [0.25, 0.3) is 0 Å². The van der Waals surface area contributed by atoms with E-state index in [1.54, 1.807) is 12.1 Å². The van der Waals surface area contributed by atoms with Crippen molar-refractivity contribution in [3.8, 4) is 0 Å². The van der Waals surface area contributed by atoms with Crippen LogP contribution >= 0.6 is 0 Å². The van der Waals surface area contributed by atoms with Gasteiger partial charge in [0.15, 0.2) is 5.78 Å². The molecule has 0 amide bonds. The average molecular weight is 290 g/mol. The number of nitrogens with zero attached hydrogens (tertiary/aromatic N) is 2. The van der Waals surface area contributed by atoms with Crippen LogP contribution in [0.3, 0.4) is 0 Å². The van der Waals surface area contributed by atoms with E-state index in [4.69, 9.17) is 0 Å². The van der Waals surface area contributed by atoms with E-state index < -0.39 is 12.0 Å². The minimum absolute atomic E-state index is 0.0299. The number of hydrogen-bond acceptors (Lipinski definition) is 4. The lowest BCUT2D eigenvalue weighted by molar-refractivity contribution is -0.143. The second-order valence-corrected chi connectivity index (χ2v) is 5.69. The fourth-order valence-electron chi connectivity index (χ4n) is 2.54. The van der Waals surface area contributed by atoms with Gasteiger partial charge in [-0.15, -0.1) is 0 Å². The molecule has 0 saturated carbocycles. The molecule has 1 atom stereocenters. The van der Waals surface area contributed by atoms with E-state index >= 15 is 0 Å². The minimum Gasteiger partial charge on any atom is -0.480 e. The normalized spacial score (nSPS) is 18.4. The van der Waals surface area contributed by atoms with Crippen LogP contribution in [0.2, 0.25) is 0 Å². The maximum atomic E-state index is 12.3. The lowest BCUT2D eigenvalue weighted by Crippen LogP contribution is -2.52. The topological polar surface area (TPSA) is 60.9 Å². The molecule has 1 saturated heterocycles. The molecule has 1 aliphatic rings. The summed E-state index contributed by atoms with van der Waals surface area (Å²) >= 11 is 0. The van der Waals surface area contributed by atoms with Gasteiger partial charge in [-0.05, 0) is 14.0 Å². The molecule has 1 N–H and O–H groups in total. The first-order valence-electron chi connectivity index (χ1n) is 7.22. The van der Waals surface area contributed by atoms with Crippen molar-refractivity contribution >= 4 is 11.8 Å². The number of hydrogen-bond donors (Lipinski definition) is 1. The molecule has 0 aliphatic carbocycles. The van der Waals surface area contributed by atoms with E-state index in [9.17, 15) is 14.7 Å². The van der Waals surface area contributed by atoms with Gasteiger partial charge in [-0.3, -0.25) is 14.5 Å². The highest BCUT2D eigenvalue weighted by Crippen LogP contribution is 2.14. The molecule has 1 aliphatic heterocycles. The smallest absolute Gasteiger partial charge is 0.321 e. The van der Waals surface area contributed by atoms with Crippen LogP contribution in [0.15, 0.2) is 24.3 Å². The van der Waals surface area contributed by atoms with Crippen molar-refractivity contribution in [2.24, 2.45) is 0 Å². The van der Waals surface area contributed by atoms with Gasteiger partial charge in [0.2, 0.25) is 0 Å². The number of aryl methyl sites for hydroxylation is 1. The highest BCUT2D eigenvalue weighted by Gasteiger charge is 2.30. The SMILES string of the molecule is Cc1ccc(C(=O)C[C@H](C(=O)O)N2CCN(C)CC2)cc1. The fourth-order valence-corrected chi connectivity index (χ4v) is 2.54. The Hall–Kier alpha value is -1.72. The predicted molar refractivity (Wildman–Crippen MR) is 80.6 cm³/mol. The number of aliphatic carboxylic acids is 1. The number of piperazine rings is 1. The van der Waals surface area contributed by atoms with Crippen LogP contribution < -0.4 is 0 Å². The molecule has 0 aromatic heterocycles. The largest absolute Gasteiger partial charge is 0.480 e. The highest BCUT2D eigenvalue weighted by atomic mass is 16.4. The van der Waals surface area contributed by atoms with Gasteiger partial charge in [-0.25, -0.2) is 0 Å². The van der Waals surface area contributed by atoms with Crippen molar-refractivity contribution in [1.29, 1.82) is 0 Å². The van der Waals surface area contributed by atoms with E-state index in [2.05, 4.69) is 4.90 Å². The minimum atomic E-state index is -0.917. The molecule has 1 heterocycles. The van der Waals surface area contributed by atoms with Crippen LogP contribution in [0.1, 0.15) is 22.3 Å². The number of ketones is 1. The predicted octanol–water partition coefficient (Wildman–Crippen LogP) is 1.27. The van der Waals surface area contributed by atoms with Gasteiger partial charge < -0.3 is 10.0 Å². The van der Waals surface area contributed by atoms with E-state index in [0.29, 0.717) is 18.7 Å². The fraction of sp³-hybridized carbons (Fsp3) is 0.500. The number of rotatable bonds is 5. The summed E-state index contributed by atoms with van der Waals surface area (Å²) in [4.78, 5) is 27.8. The highest BCUT2D eigenvalue weighted by molar-refractivity contribution is 5.98. The Balaban J connectivity index is 2.04. The Bertz CT molecular complexity index is 505. The summed E-state index contributed by atoms with van der Waals surface area (Å²) in [6.07, 6.45) is 0.0299. The monoisotopic (exact) mass is 290 g/mol. The number of carboxylic acids is 1. The molecule has 0 spiro atoms. The first-order chi connectivity index (χ1) is 9.97. The summed E-state index contributed by atoms with van der Waals surface area (Å²) in [6, 6.07) is 6.55. The van der Waals surface area contributed by atoms with Gasteiger partial charge in [0.25, 0.3) is 0 Å². The third kappa shape index (κ3) is 4.12. The van der Waals surface area contributed by atoms with Gasteiger partial charge in [0.05, 0.1) is 0 Å². The number of Topliss-reactive ketones (excluding diaryl/α,β-unsaturated/α-hetero) is 1. The summed E-state index contributed by atoms with van der Waals surface area (Å²) in [6.45, 7) is 5.01. The molecule has 2 rings (SSSR count). The molecule has 0 bridgehead atoms. The summed E-state index contributed by atoms with van der Waals surface area (Å²) in [5, 5.41) is 9.42. The second kappa shape index (κ2) is 6.83. The molecule has 0 unspecified atom stereocenters. The number of carbonyl (C=O) groups excluding carboxylic acids is 1. The Morgan fingerprint density at radius 1 is 1.14 bits per heavy atom. The number of carboxylic acid groups (broad SMARTS) is 1. The molecule has 1 fully saturated rings. The van der Waals surface area contributed by atoms with Gasteiger partial charge in [0, 0.05) is 38.2 Å². The standard InChI is InChI=1S/C16H22N2O3/c1-12-3-5-13(6-4-12)15(19)11-14(16(20)21)18-9-7-17(2)8-10-18/h3-6,14H,7-11H2,1-2H3,(H,20,21)/t14-/m1/s1. The number of likely N-dealkylation sites (N-methyl/N-ethyl adjacent to an activating group) is 1. The Morgan fingerprint density at radius 3 is 2.24 bits per heavy atom. The van der Waals surface area contributed by atoms with Crippen molar-refractivity contribution in [2.45, 2.75) is 19.4 Å². The summed E-state index contributed by atoms with van der Waals surface area (Å²) in [5.41, 5.74) is 1.67. The van der Waals surface area contributed by atoms with Crippen LogP contribution in [-0.2, 0) is 4.79 Å². The third-order valence-electron chi connectivity index (χ3n) is 4.02. The van der Waals surface area contributed by atoms with Gasteiger partial charge in [0.1, 0.15) is 6.04 Å². The lowest BCUT2D eigenvalue weighted by Gasteiger charge is -2.35. The second-order valence-electron chi connectivity index (χ2n) is 5.69. The molecule has 1 aromatic rings. The van der Waals surface area contributed by atoms with Gasteiger partial charge >= 0.3 is 5.97 Å². The first kappa shape index (κ1) is 15.7. The van der Waals surface area contributed by atoms with Crippen molar-refractivity contribution in [2.75, 3.05) is 33.2 Å². The van der Waals surface area contributed by atoms with Crippen LogP contribution in [0.5, 0.6) is 0 Å². The molecule has 5 heteroatoms. The molecule has 21 heavy (non-hydrogen) atoms. The molecule has 5 nitrogen and oxygen atoms in total. The van der Waals surface area contributed by atoms with Crippen molar-refractivity contribution in [1.82, 2.24) is 9.80 Å². The molecule has 0 radical (unpaired) electrons. The van der Waals surface area contributed by atoms with E-state index in [-0.39, 0.29) is 12.2 Å². The Morgan fingerprint density at radius 2 is 1.71 bits per heavy atom. The van der Waals surface area contributed by atoms with E-state index in [1.165, 1.54) is 0 Å². The molecule has 114 valence electrons. The Labute approximate surface area is 125 Å². The van der Waals surface area contributed by atoms with E-state index in [0.717, 1.165) is 18.7 Å².